The van der Waals surface area contributed by atoms with Gasteiger partial charge in [-0.05, 0) is 62.4 Å². The van der Waals surface area contributed by atoms with E-state index in [1.54, 1.807) is 19.1 Å². The van der Waals surface area contributed by atoms with Crippen LogP contribution in [-0.2, 0) is 10.3 Å². The van der Waals surface area contributed by atoms with Gasteiger partial charge in [0, 0.05) is 23.9 Å². The number of amides is 1. The highest BCUT2D eigenvalue weighted by molar-refractivity contribution is 6.32. The number of alkyl carbamates (subject to hydrolysis) is 1. The molecule has 0 unspecified atom stereocenters. The van der Waals surface area contributed by atoms with E-state index in [0.717, 1.165) is 23.9 Å². The number of ether oxygens (including phenoxy) is 1. The molecule has 4 aromatic rings. The highest BCUT2D eigenvalue weighted by Gasteiger charge is 2.64. The van der Waals surface area contributed by atoms with Gasteiger partial charge in [-0.15, -0.1) is 0 Å². The molecular formula is C32H30ClF6N9O2. The number of nitrogens with one attached hydrogen (secondary N) is 3. The Morgan fingerprint density at radius 2 is 1.94 bits per heavy atom. The van der Waals surface area contributed by atoms with E-state index in [2.05, 4.69) is 20.5 Å². The molecule has 0 bridgehead atoms. The zero-order chi connectivity index (χ0) is 35.6. The summed E-state index contributed by atoms with van der Waals surface area (Å²) in [5.41, 5.74) is -1.92. The second-order valence-corrected chi connectivity index (χ2v) is 13.3. The maximum absolute atomic E-state index is 15.8. The average molecular weight is 722 g/mol. The minimum atomic E-state index is -4.68. The summed E-state index contributed by atoms with van der Waals surface area (Å²) in [4.78, 5) is 17.7. The van der Waals surface area contributed by atoms with E-state index in [9.17, 15) is 26.7 Å². The third kappa shape index (κ3) is 6.22. The summed E-state index contributed by atoms with van der Waals surface area (Å²) >= 11 is 6.38. The minimum absolute atomic E-state index is 0.00682. The molecule has 2 saturated carbocycles. The third-order valence-corrected chi connectivity index (χ3v) is 9.61. The summed E-state index contributed by atoms with van der Waals surface area (Å²) in [6, 6.07) is 10.0. The summed E-state index contributed by atoms with van der Waals surface area (Å²) in [5, 5.41) is 22.2. The minimum Gasteiger partial charge on any atom is -0.447 e. The van der Waals surface area contributed by atoms with Crippen LogP contribution in [0.25, 0.3) is 16.9 Å². The van der Waals surface area contributed by atoms with E-state index < -0.39 is 54.1 Å². The van der Waals surface area contributed by atoms with Gasteiger partial charge < -0.3 is 20.3 Å². The summed E-state index contributed by atoms with van der Waals surface area (Å²) in [7, 11) is 0. The van der Waals surface area contributed by atoms with Crippen molar-refractivity contribution >= 4 is 23.7 Å². The molecule has 3 fully saturated rings. The fraction of sp³-hybridized carbons (Fsp3) is 0.406. The zero-order valence-electron chi connectivity index (χ0n) is 26.3. The number of hydrogen-bond acceptors (Lipinski definition) is 6. The molecule has 0 spiro atoms. The van der Waals surface area contributed by atoms with Crippen molar-refractivity contribution in [1.29, 1.82) is 5.41 Å². The molecule has 1 amide bonds. The first-order valence-electron chi connectivity index (χ1n) is 15.7. The van der Waals surface area contributed by atoms with Crippen molar-refractivity contribution in [2.45, 2.75) is 68.4 Å². The second-order valence-electron chi connectivity index (χ2n) is 12.9. The first kappa shape index (κ1) is 33.7. The average Bonchev–Trinajstić information content (AvgIpc) is 3.91. The third-order valence-electron chi connectivity index (χ3n) is 9.29. The van der Waals surface area contributed by atoms with E-state index in [4.69, 9.17) is 21.7 Å². The van der Waals surface area contributed by atoms with Gasteiger partial charge in [0.25, 0.3) is 6.43 Å². The Bertz CT molecular complexity index is 1960. The molecule has 1 aliphatic heterocycles. The SMILES string of the molecule is C[C@@]1(c2ccc(-c3ccn(C4CC4)n3)cc2F)CN([C@H](COC(=O)NC2(C(F)(F)F)CC2)c2ccc(Cl)c(-n3ncnc3C(F)F)c2)C(=N)N1. The zero-order valence-corrected chi connectivity index (χ0v) is 27.1. The van der Waals surface area contributed by atoms with Crippen molar-refractivity contribution in [3.8, 4) is 16.9 Å². The van der Waals surface area contributed by atoms with Gasteiger partial charge in [0.15, 0.2) is 11.8 Å². The van der Waals surface area contributed by atoms with E-state index in [1.165, 1.54) is 29.2 Å². The predicted molar refractivity (Wildman–Crippen MR) is 167 cm³/mol. The molecule has 2 atom stereocenters. The first-order valence-corrected chi connectivity index (χ1v) is 16.0. The van der Waals surface area contributed by atoms with Crippen LogP contribution in [0.3, 0.4) is 0 Å². The summed E-state index contributed by atoms with van der Waals surface area (Å²) in [6.07, 6.45) is -4.76. The molecule has 0 radical (unpaired) electrons. The van der Waals surface area contributed by atoms with Crippen molar-refractivity contribution in [3.05, 3.63) is 82.8 Å². The normalized spacial score (nSPS) is 20.6. The molecule has 2 aromatic heterocycles. The number of halogens is 7. The van der Waals surface area contributed by atoms with E-state index >= 15 is 4.39 Å². The van der Waals surface area contributed by atoms with Crippen LogP contribution in [0, 0.1) is 11.2 Å². The van der Waals surface area contributed by atoms with Gasteiger partial charge in [0.1, 0.15) is 24.3 Å². The predicted octanol–water partition coefficient (Wildman–Crippen LogP) is 6.81. The van der Waals surface area contributed by atoms with Crippen molar-refractivity contribution in [1.82, 2.24) is 40.1 Å². The topological polar surface area (TPSA) is 126 Å². The summed E-state index contributed by atoms with van der Waals surface area (Å²) in [6.45, 7) is 1.03. The van der Waals surface area contributed by atoms with Gasteiger partial charge in [-0.25, -0.2) is 27.6 Å². The number of carbonyl (C=O) groups is 1. The van der Waals surface area contributed by atoms with Gasteiger partial charge in [0.2, 0.25) is 0 Å². The monoisotopic (exact) mass is 721 g/mol. The molecule has 11 nitrogen and oxygen atoms in total. The molecular weight excluding hydrogens is 692 g/mol. The molecule has 18 heteroatoms. The Labute approximate surface area is 286 Å². The Hall–Kier alpha value is -4.80. The molecule has 2 aliphatic carbocycles. The fourth-order valence-corrected chi connectivity index (χ4v) is 6.41. The second kappa shape index (κ2) is 12.2. The van der Waals surface area contributed by atoms with Crippen molar-refractivity contribution < 1.29 is 35.9 Å². The Morgan fingerprint density at radius 1 is 1.18 bits per heavy atom. The molecule has 1 saturated heterocycles. The molecule has 3 N–H and O–H groups in total. The molecule has 3 aliphatic rings. The van der Waals surface area contributed by atoms with Crippen molar-refractivity contribution in [2.75, 3.05) is 13.2 Å². The number of carbonyl (C=O) groups excluding carboxylic acids is 1. The van der Waals surface area contributed by atoms with Crippen LogP contribution in [0.4, 0.5) is 31.1 Å². The lowest BCUT2D eigenvalue weighted by Gasteiger charge is -2.31. The van der Waals surface area contributed by atoms with Crippen molar-refractivity contribution in [2.24, 2.45) is 0 Å². The van der Waals surface area contributed by atoms with Gasteiger partial charge >= 0.3 is 12.3 Å². The smallest absolute Gasteiger partial charge is 0.411 e. The lowest BCUT2D eigenvalue weighted by molar-refractivity contribution is -0.164. The highest BCUT2D eigenvalue weighted by atomic mass is 35.5. The Kier molecular flexibility index (Phi) is 8.22. The van der Waals surface area contributed by atoms with E-state index in [1.807, 2.05) is 22.3 Å². The van der Waals surface area contributed by atoms with Crippen molar-refractivity contribution in [3.63, 3.8) is 0 Å². The Morgan fingerprint density at radius 3 is 2.60 bits per heavy atom. The quantitative estimate of drug-likeness (QED) is 0.154. The first-order chi connectivity index (χ1) is 23.7. The fourth-order valence-electron chi connectivity index (χ4n) is 6.21. The number of nitrogens with zero attached hydrogens (tertiary/aromatic N) is 6. The van der Waals surface area contributed by atoms with Gasteiger partial charge in [-0.2, -0.15) is 23.4 Å². The maximum Gasteiger partial charge on any atom is 0.411 e. The van der Waals surface area contributed by atoms with Crippen LogP contribution in [0.5, 0.6) is 0 Å². The molecule has 3 heterocycles. The van der Waals surface area contributed by atoms with Gasteiger partial charge in [0.05, 0.1) is 34.0 Å². The number of hydrogen-bond donors (Lipinski definition) is 3. The van der Waals surface area contributed by atoms with E-state index in [0.29, 0.717) is 17.3 Å². The number of aromatic nitrogens is 5. The van der Waals surface area contributed by atoms with Crippen LogP contribution in [0.15, 0.2) is 55.0 Å². The Balaban J connectivity index is 1.18. The molecule has 50 heavy (non-hydrogen) atoms. The van der Waals surface area contributed by atoms with Crippen LogP contribution < -0.4 is 10.6 Å². The van der Waals surface area contributed by atoms with Crippen LogP contribution in [0.1, 0.15) is 68.1 Å². The summed E-state index contributed by atoms with van der Waals surface area (Å²) < 4.78 is 91.9. The molecule has 7 rings (SSSR count). The van der Waals surface area contributed by atoms with Gasteiger partial charge in [-0.3, -0.25) is 10.1 Å². The number of alkyl halides is 5. The number of guanidine groups is 1. The highest BCUT2D eigenvalue weighted by Crippen LogP contribution is 2.49. The molecule has 2 aromatic carbocycles. The standard InChI is InChI=1S/C32H30ClF6N9O2/c1-30(20-6-2-17(12-22(20)34)23-8-11-47(45-23)19-4-5-19)15-46(28(40)43-30)25(14-50-29(49)44-31(9-10-31)32(37,38)39)18-3-7-21(33)24(13-18)48-27(26(35)36)41-16-42-48/h2-3,6-8,11-13,16,19,25-26H,4-5,9-10,14-15H2,1H3,(H2,40,43)(H,44,49)/t25-,30+/m1/s1. The van der Waals surface area contributed by atoms with Crippen LogP contribution in [0.2, 0.25) is 5.02 Å². The summed E-state index contributed by atoms with van der Waals surface area (Å²) in [5.74, 6) is -1.48. The lowest BCUT2D eigenvalue weighted by atomic mass is 9.90. The molecule has 264 valence electrons. The van der Waals surface area contributed by atoms with Crippen LogP contribution >= 0.6 is 11.6 Å². The number of benzene rings is 2. The lowest BCUT2D eigenvalue weighted by Crippen LogP contribution is -2.48. The van der Waals surface area contributed by atoms with Crippen LogP contribution in [-0.4, -0.2) is 66.4 Å². The van der Waals surface area contributed by atoms with E-state index in [-0.39, 0.29) is 47.2 Å². The largest absolute Gasteiger partial charge is 0.447 e. The number of rotatable bonds is 10. The van der Waals surface area contributed by atoms with Gasteiger partial charge in [-0.1, -0.05) is 29.8 Å². The maximum atomic E-state index is 15.8.